The van der Waals surface area contributed by atoms with Crippen LogP contribution in [0.1, 0.15) is 38.5 Å². The Hall–Kier alpha value is -1.11. The first-order chi connectivity index (χ1) is 12.3. The fourth-order valence-corrected chi connectivity index (χ4v) is 6.87. The fraction of sp³-hybridized carbons (Fsp3) is 0.318. The zero-order chi connectivity index (χ0) is 17.3. The van der Waals surface area contributed by atoms with Gasteiger partial charge in [0.05, 0.1) is 0 Å². The van der Waals surface area contributed by atoms with Crippen molar-refractivity contribution < 1.29 is 4.79 Å². The van der Waals surface area contributed by atoms with E-state index in [1.807, 2.05) is 18.2 Å². The second kappa shape index (κ2) is 10.1. The molecular formula is C22H24OSe2. The molecule has 0 aromatic heterocycles. The number of rotatable bonds is 7. The summed E-state index contributed by atoms with van der Waals surface area (Å²) in [4.78, 5) is 15.2. The molecule has 0 heterocycles. The maximum atomic E-state index is 13.0. The first-order valence-corrected chi connectivity index (χ1v) is 12.5. The molecule has 25 heavy (non-hydrogen) atoms. The van der Waals surface area contributed by atoms with Gasteiger partial charge in [-0.2, -0.15) is 0 Å². The van der Waals surface area contributed by atoms with E-state index in [4.69, 9.17) is 0 Å². The molecular weight excluding hydrogens is 438 g/mol. The number of allylic oxidation sites excluding steroid dienone is 1. The van der Waals surface area contributed by atoms with Gasteiger partial charge in [0.25, 0.3) is 0 Å². The van der Waals surface area contributed by atoms with E-state index in [1.165, 1.54) is 41.0 Å². The van der Waals surface area contributed by atoms with Gasteiger partial charge in [-0.3, -0.25) is 0 Å². The van der Waals surface area contributed by atoms with E-state index in [0.29, 0.717) is 10.6 Å². The van der Waals surface area contributed by atoms with Crippen LogP contribution in [0.25, 0.3) is 0 Å². The summed E-state index contributed by atoms with van der Waals surface area (Å²) in [5.74, 6) is 0.710. The second-order valence-corrected chi connectivity index (χ2v) is 10.7. The van der Waals surface area contributed by atoms with Crippen molar-refractivity contribution in [1.82, 2.24) is 0 Å². The Kier molecular flexibility index (Phi) is 7.57. The van der Waals surface area contributed by atoms with Crippen LogP contribution in [-0.4, -0.2) is 34.6 Å². The van der Waals surface area contributed by atoms with Gasteiger partial charge in [-0.05, 0) is 0 Å². The molecule has 0 amide bonds. The van der Waals surface area contributed by atoms with Gasteiger partial charge in [-0.1, -0.05) is 0 Å². The van der Waals surface area contributed by atoms with Crippen LogP contribution in [0.4, 0.5) is 0 Å². The van der Waals surface area contributed by atoms with Crippen molar-refractivity contribution in [3.05, 3.63) is 71.2 Å². The standard InChI is InChI=1S/C22H24OSe2/c23-22(25-21-14-8-3-9-15-21)19(16-18-10-4-1-5-11-18)17-24-20-12-6-2-7-13-20/h2-3,6-9,12-15,17-18H,1,4-5,10-11,16H2/b19-17-. The van der Waals surface area contributed by atoms with Crippen LogP contribution in [0, 0.1) is 5.92 Å². The normalized spacial score (nSPS) is 15.9. The summed E-state index contributed by atoms with van der Waals surface area (Å²) in [6, 6.07) is 20.8. The van der Waals surface area contributed by atoms with Crippen LogP contribution >= 0.6 is 0 Å². The van der Waals surface area contributed by atoms with Crippen LogP contribution < -0.4 is 8.92 Å². The average Bonchev–Trinajstić information content (AvgIpc) is 2.67. The Labute approximate surface area is 163 Å². The Morgan fingerprint density at radius 2 is 1.48 bits per heavy atom. The molecule has 0 atom stereocenters. The van der Waals surface area contributed by atoms with Gasteiger partial charge in [-0.25, -0.2) is 0 Å². The van der Waals surface area contributed by atoms with E-state index in [2.05, 4.69) is 47.4 Å². The molecule has 2 aromatic rings. The van der Waals surface area contributed by atoms with E-state index in [-0.39, 0.29) is 29.9 Å². The molecule has 1 fully saturated rings. The molecule has 0 saturated heterocycles. The topological polar surface area (TPSA) is 17.1 Å². The SMILES string of the molecule is O=C([Se]c1ccccc1)/C(=C\[Se]c1ccccc1)CC1CCCCC1. The van der Waals surface area contributed by atoms with Gasteiger partial charge in [0.1, 0.15) is 0 Å². The van der Waals surface area contributed by atoms with Gasteiger partial charge < -0.3 is 0 Å². The van der Waals surface area contributed by atoms with Crippen LogP contribution in [0.5, 0.6) is 0 Å². The molecule has 3 heteroatoms. The van der Waals surface area contributed by atoms with Crippen molar-refractivity contribution in [2.45, 2.75) is 38.5 Å². The van der Waals surface area contributed by atoms with Gasteiger partial charge in [-0.15, -0.1) is 0 Å². The monoisotopic (exact) mass is 464 g/mol. The fourth-order valence-electron chi connectivity index (χ4n) is 3.18. The Morgan fingerprint density at radius 3 is 2.12 bits per heavy atom. The quantitative estimate of drug-likeness (QED) is 0.456. The van der Waals surface area contributed by atoms with E-state index < -0.39 is 0 Å². The average molecular weight is 462 g/mol. The minimum absolute atomic E-state index is 0.103. The zero-order valence-electron chi connectivity index (χ0n) is 14.4. The Bertz CT molecular complexity index is 688. The molecule has 0 spiro atoms. The van der Waals surface area contributed by atoms with Crippen molar-refractivity contribution >= 4 is 43.5 Å². The summed E-state index contributed by atoms with van der Waals surface area (Å²) >= 11 is 0.141. The number of hydrogen-bond donors (Lipinski definition) is 0. The van der Waals surface area contributed by atoms with Crippen LogP contribution in [0.15, 0.2) is 71.2 Å². The van der Waals surface area contributed by atoms with Gasteiger partial charge in [0.2, 0.25) is 0 Å². The van der Waals surface area contributed by atoms with Crippen molar-refractivity contribution in [3.8, 4) is 0 Å². The molecule has 0 aliphatic heterocycles. The van der Waals surface area contributed by atoms with E-state index in [1.54, 1.807) is 0 Å². The Morgan fingerprint density at radius 1 is 0.880 bits per heavy atom. The minimum atomic E-state index is -0.103. The van der Waals surface area contributed by atoms with Crippen molar-refractivity contribution in [3.63, 3.8) is 0 Å². The molecule has 2 aromatic carbocycles. The number of benzene rings is 2. The first kappa shape index (κ1) is 18.7. The molecule has 1 aliphatic rings. The molecule has 0 radical (unpaired) electrons. The van der Waals surface area contributed by atoms with Crippen molar-refractivity contribution in [2.24, 2.45) is 5.92 Å². The van der Waals surface area contributed by atoms with Crippen molar-refractivity contribution in [2.75, 3.05) is 0 Å². The molecule has 1 saturated carbocycles. The Balaban J connectivity index is 1.71. The first-order valence-electron chi connectivity index (χ1n) is 8.99. The summed E-state index contributed by atoms with van der Waals surface area (Å²) in [7, 11) is 0. The van der Waals surface area contributed by atoms with Gasteiger partial charge in [0, 0.05) is 0 Å². The van der Waals surface area contributed by atoms with Gasteiger partial charge >= 0.3 is 164 Å². The third kappa shape index (κ3) is 6.28. The number of carbonyl (C=O) groups excluding carboxylic acids is 1. The third-order valence-electron chi connectivity index (χ3n) is 4.53. The molecule has 130 valence electrons. The van der Waals surface area contributed by atoms with Crippen molar-refractivity contribution in [1.29, 1.82) is 0 Å². The zero-order valence-corrected chi connectivity index (χ0v) is 17.8. The molecule has 0 bridgehead atoms. The molecule has 1 nitrogen and oxygen atoms in total. The predicted octanol–water partition coefficient (Wildman–Crippen LogP) is 3.43. The predicted molar refractivity (Wildman–Crippen MR) is 108 cm³/mol. The number of hydrogen-bond acceptors (Lipinski definition) is 1. The van der Waals surface area contributed by atoms with E-state index >= 15 is 0 Å². The summed E-state index contributed by atoms with van der Waals surface area (Å²) in [6.07, 6.45) is 7.61. The molecule has 3 rings (SSSR count). The summed E-state index contributed by atoms with van der Waals surface area (Å²) in [5.41, 5.74) is 1.10. The summed E-state index contributed by atoms with van der Waals surface area (Å²) in [5, 5.41) is 0. The third-order valence-corrected chi connectivity index (χ3v) is 8.52. The van der Waals surface area contributed by atoms with Gasteiger partial charge in [0.15, 0.2) is 0 Å². The maximum absolute atomic E-state index is 13.0. The number of carbonyl (C=O) groups is 1. The van der Waals surface area contributed by atoms with Crippen LogP contribution in [0.2, 0.25) is 0 Å². The van der Waals surface area contributed by atoms with Crippen LogP contribution in [0.3, 0.4) is 0 Å². The molecule has 0 N–H and O–H groups in total. The van der Waals surface area contributed by atoms with E-state index in [0.717, 1.165) is 12.0 Å². The second-order valence-electron chi connectivity index (χ2n) is 6.48. The van der Waals surface area contributed by atoms with Crippen LogP contribution in [-0.2, 0) is 4.79 Å². The molecule has 0 unspecified atom stereocenters. The summed E-state index contributed by atoms with van der Waals surface area (Å²) in [6.45, 7) is 0. The van der Waals surface area contributed by atoms with E-state index in [9.17, 15) is 4.79 Å². The summed E-state index contributed by atoms with van der Waals surface area (Å²) < 4.78 is 2.90. The molecule has 1 aliphatic carbocycles.